The number of benzene rings is 1. The fourth-order valence-corrected chi connectivity index (χ4v) is 4.05. The van der Waals surface area contributed by atoms with Crippen LogP contribution in [0.1, 0.15) is 24.0 Å². The quantitative estimate of drug-likeness (QED) is 0.895. The van der Waals surface area contributed by atoms with Crippen LogP contribution in [0.5, 0.6) is 0 Å². The van der Waals surface area contributed by atoms with Crippen molar-refractivity contribution in [2.45, 2.75) is 32.4 Å². The molecule has 2 aromatic rings. The van der Waals surface area contributed by atoms with Crippen molar-refractivity contribution in [2.75, 3.05) is 44.7 Å². The molecular weight excluding hydrogens is 340 g/mol. The maximum Gasteiger partial charge on any atom is 0.236 e. The molecular formula is C21H28N4O2. The molecule has 0 unspecified atom stereocenters. The van der Waals surface area contributed by atoms with Crippen molar-refractivity contribution < 1.29 is 9.90 Å². The minimum atomic E-state index is -0.299. The summed E-state index contributed by atoms with van der Waals surface area (Å²) in [6.45, 7) is 6.41. The van der Waals surface area contributed by atoms with Crippen molar-refractivity contribution in [1.29, 1.82) is 0 Å². The molecule has 0 aliphatic carbocycles. The topological polar surface area (TPSA) is 59.9 Å². The number of amides is 1. The van der Waals surface area contributed by atoms with Gasteiger partial charge in [0.1, 0.15) is 5.82 Å². The van der Waals surface area contributed by atoms with Crippen LogP contribution in [0.4, 0.5) is 5.82 Å². The van der Waals surface area contributed by atoms with E-state index in [2.05, 4.69) is 41.0 Å². The summed E-state index contributed by atoms with van der Waals surface area (Å²) < 4.78 is 0. The molecule has 4 rings (SSSR count). The number of nitrogens with zero attached hydrogens (tertiary/aromatic N) is 4. The van der Waals surface area contributed by atoms with Crippen LogP contribution in [0, 0.1) is 6.92 Å². The number of likely N-dealkylation sites (N-methyl/N-ethyl adjacent to an activating group) is 1. The Labute approximate surface area is 160 Å². The van der Waals surface area contributed by atoms with Crippen molar-refractivity contribution >= 4 is 22.6 Å². The van der Waals surface area contributed by atoms with E-state index >= 15 is 0 Å². The van der Waals surface area contributed by atoms with Gasteiger partial charge >= 0.3 is 0 Å². The van der Waals surface area contributed by atoms with Crippen molar-refractivity contribution in [3.8, 4) is 0 Å². The van der Waals surface area contributed by atoms with Crippen LogP contribution in [-0.4, -0.2) is 71.7 Å². The summed E-state index contributed by atoms with van der Waals surface area (Å²) in [6.07, 6.45) is 1.53. The SMILES string of the molecule is Cc1ccc2nc(N3CCC[C@H](O)C3)c(CN3CCN(C)C(=O)C3)cc2c1. The highest BCUT2D eigenvalue weighted by Gasteiger charge is 2.25. The zero-order chi connectivity index (χ0) is 19.0. The zero-order valence-electron chi connectivity index (χ0n) is 16.2. The van der Waals surface area contributed by atoms with Gasteiger partial charge in [-0.05, 0) is 38.0 Å². The lowest BCUT2D eigenvalue weighted by Crippen LogP contribution is -2.48. The molecule has 2 aliphatic heterocycles. The number of hydrogen-bond acceptors (Lipinski definition) is 5. The number of β-amino-alcohol motifs (C(OH)–C–C–N with tert-alkyl or cyclic N) is 1. The summed E-state index contributed by atoms with van der Waals surface area (Å²) in [4.78, 5) is 23.3. The Bertz CT molecular complexity index is 853. The van der Waals surface area contributed by atoms with E-state index in [1.54, 1.807) is 4.90 Å². The van der Waals surface area contributed by atoms with E-state index in [1.165, 1.54) is 5.56 Å². The molecule has 144 valence electrons. The molecule has 0 bridgehead atoms. The Morgan fingerprint density at radius 2 is 2.07 bits per heavy atom. The maximum atomic E-state index is 12.1. The van der Waals surface area contributed by atoms with E-state index in [-0.39, 0.29) is 12.0 Å². The Hall–Kier alpha value is -2.18. The third-order valence-electron chi connectivity index (χ3n) is 5.65. The predicted octanol–water partition coefficient (Wildman–Crippen LogP) is 1.78. The third-order valence-corrected chi connectivity index (χ3v) is 5.65. The van der Waals surface area contributed by atoms with Crippen molar-refractivity contribution in [1.82, 2.24) is 14.8 Å². The standard InChI is InChI=1S/C21H28N4O2/c1-15-5-6-19-16(10-15)11-17(12-24-9-8-23(2)20(27)14-24)21(22-19)25-7-3-4-18(26)13-25/h5-6,10-11,18,26H,3-4,7-9,12-14H2,1-2H3/t18-/m0/s1. The summed E-state index contributed by atoms with van der Waals surface area (Å²) in [5, 5.41) is 11.3. The first-order valence-corrected chi connectivity index (χ1v) is 9.79. The average Bonchev–Trinajstić information content (AvgIpc) is 2.64. The van der Waals surface area contributed by atoms with Gasteiger partial charge in [0, 0.05) is 50.7 Å². The van der Waals surface area contributed by atoms with Gasteiger partial charge in [0.2, 0.25) is 5.91 Å². The van der Waals surface area contributed by atoms with Crippen LogP contribution in [0.15, 0.2) is 24.3 Å². The fourth-order valence-electron chi connectivity index (χ4n) is 4.05. The lowest BCUT2D eigenvalue weighted by molar-refractivity contribution is -0.134. The molecule has 2 fully saturated rings. The normalized spacial score (nSPS) is 21.9. The monoisotopic (exact) mass is 368 g/mol. The van der Waals surface area contributed by atoms with Gasteiger partial charge in [-0.2, -0.15) is 0 Å². The van der Waals surface area contributed by atoms with E-state index in [4.69, 9.17) is 4.98 Å². The van der Waals surface area contributed by atoms with E-state index in [1.807, 2.05) is 7.05 Å². The Balaban J connectivity index is 1.69. The highest BCUT2D eigenvalue weighted by molar-refractivity contribution is 5.83. The highest BCUT2D eigenvalue weighted by Crippen LogP contribution is 2.28. The summed E-state index contributed by atoms with van der Waals surface area (Å²) in [5.41, 5.74) is 3.33. The Morgan fingerprint density at radius 1 is 1.22 bits per heavy atom. The molecule has 1 atom stereocenters. The summed E-state index contributed by atoms with van der Waals surface area (Å²) >= 11 is 0. The van der Waals surface area contributed by atoms with Crippen LogP contribution in [-0.2, 0) is 11.3 Å². The summed E-state index contributed by atoms with van der Waals surface area (Å²) in [7, 11) is 1.86. The smallest absolute Gasteiger partial charge is 0.236 e. The fraction of sp³-hybridized carbons (Fsp3) is 0.524. The molecule has 0 saturated carbocycles. The second kappa shape index (κ2) is 7.44. The van der Waals surface area contributed by atoms with E-state index in [9.17, 15) is 9.90 Å². The van der Waals surface area contributed by atoms with Gasteiger partial charge in [-0.3, -0.25) is 9.69 Å². The van der Waals surface area contributed by atoms with E-state index < -0.39 is 0 Å². The lowest BCUT2D eigenvalue weighted by atomic mass is 10.0. The first kappa shape index (κ1) is 18.2. The molecule has 27 heavy (non-hydrogen) atoms. The number of aliphatic hydroxyl groups is 1. The molecule has 3 heterocycles. The number of aliphatic hydroxyl groups excluding tert-OH is 1. The minimum Gasteiger partial charge on any atom is -0.391 e. The number of hydrogen-bond donors (Lipinski definition) is 1. The predicted molar refractivity (Wildman–Crippen MR) is 107 cm³/mol. The van der Waals surface area contributed by atoms with Gasteiger partial charge in [0.25, 0.3) is 0 Å². The Morgan fingerprint density at radius 3 is 2.85 bits per heavy atom. The van der Waals surface area contributed by atoms with Crippen molar-refractivity contribution in [3.05, 3.63) is 35.4 Å². The largest absolute Gasteiger partial charge is 0.391 e. The third kappa shape index (κ3) is 3.92. The zero-order valence-corrected chi connectivity index (χ0v) is 16.2. The van der Waals surface area contributed by atoms with Crippen LogP contribution in [0.3, 0.4) is 0 Å². The molecule has 6 nitrogen and oxygen atoms in total. The van der Waals surface area contributed by atoms with Crippen molar-refractivity contribution in [3.63, 3.8) is 0 Å². The van der Waals surface area contributed by atoms with Gasteiger partial charge in [-0.15, -0.1) is 0 Å². The van der Waals surface area contributed by atoms with Crippen LogP contribution in [0.25, 0.3) is 10.9 Å². The second-order valence-corrected chi connectivity index (χ2v) is 7.94. The number of carbonyl (C=O) groups is 1. The molecule has 2 saturated heterocycles. The summed E-state index contributed by atoms with van der Waals surface area (Å²) in [5.74, 6) is 1.12. The number of aryl methyl sites for hydroxylation is 1. The molecule has 1 aromatic heterocycles. The number of anilines is 1. The van der Waals surface area contributed by atoms with Crippen molar-refractivity contribution in [2.24, 2.45) is 0 Å². The van der Waals surface area contributed by atoms with Crippen LogP contribution < -0.4 is 4.90 Å². The molecule has 0 radical (unpaired) electrons. The van der Waals surface area contributed by atoms with Crippen LogP contribution in [0.2, 0.25) is 0 Å². The van der Waals surface area contributed by atoms with E-state index in [0.717, 1.165) is 54.8 Å². The Kier molecular flexibility index (Phi) is 5.02. The van der Waals surface area contributed by atoms with Gasteiger partial charge in [0.05, 0.1) is 18.2 Å². The summed E-state index contributed by atoms with van der Waals surface area (Å²) in [6, 6.07) is 8.53. The number of fused-ring (bicyclic) bond motifs is 1. The molecule has 1 aromatic carbocycles. The minimum absolute atomic E-state index is 0.167. The second-order valence-electron chi connectivity index (χ2n) is 7.94. The highest BCUT2D eigenvalue weighted by atomic mass is 16.3. The molecule has 1 N–H and O–H groups in total. The molecule has 2 aliphatic rings. The average molecular weight is 368 g/mol. The van der Waals surface area contributed by atoms with E-state index in [0.29, 0.717) is 19.6 Å². The van der Waals surface area contributed by atoms with Gasteiger partial charge in [0.15, 0.2) is 0 Å². The van der Waals surface area contributed by atoms with Gasteiger partial charge in [-0.25, -0.2) is 4.98 Å². The molecule has 6 heteroatoms. The number of piperazine rings is 1. The van der Waals surface area contributed by atoms with Gasteiger partial charge < -0.3 is 14.9 Å². The lowest BCUT2D eigenvalue weighted by Gasteiger charge is -2.35. The molecule has 1 amide bonds. The van der Waals surface area contributed by atoms with Crippen LogP contribution >= 0.6 is 0 Å². The number of piperidine rings is 1. The number of rotatable bonds is 3. The first-order valence-electron chi connectivity index (χ1n) is 9.79. The van der Waals surface area contributed by atoms with Gasteiger partial charge in [-0.1, -0.05) is 11.6 Å². The maximum absolute atomic E-state index is 12.1. The number of carbonyl (C=O) groups excluding carboxylic acids is 1. The molecule has 0 spiro atoms. The first-order chi connectivity index (χ1) is 13.0. The number of aromatic nitrogens is 1. The number of pyridine rings is 1.